The van der Waals surface area contributed by atoms with Gasteiger partial charge in [-0.25, -0.2) is 0 Å². The van der Waals surface area contributed by atoms with E-state index in [-0.39, 0.29) is 0 Å². The summed E-state index contributed by atoms with van der Waals surface area (Å²) in [5.74, 6) is 0.959. The lowest BCUT2D eigenvalue weighted by Crippen LogP contribution is -1.79. The minimum atomic E-state index is 0.959. The lowest BCUT2D eigenvalue weighted by molar-refractivity contribution is 1.42. The third-order valence-corrected chi connectivity index (χ3v) is 2.58. The molecule has 0 saturated heterocycles. The maximum atomic E-state index is 4.72. The van der Waals surface area contributed by atoms with E-state index in [2.05, 4.69) is 30.8 Å². The first-order valence-electron chi connectivity index (χ1n) is 3.63. The number of hydrogen-bond donors (Lipinski definition) is 0. The standard InChI is InChI=1S/C10H10S2/c1-2-9-3-5-10(6-4-9)7-12-8-11/h2-6,8H,1,7H2. The molecule has 0 atom stereocenters. The monoisotopic (exact) mass is 194 g/mol. The third-order valence-electron chi connectivity index (χ3n) is 1.53. The van der Waals surface area contributed by atoms with Gasteiger partial charge < -0.3 is 0 Å². The van der Waals surface area contributed by atoms with E-state index in [1.54, 1.807) is 16.5 Å². The topological polar surface area (TPSA) is 0 Å². The summed E-state index contributed by atoms with van der Waals surface area (Å²) in [6.07, 6.45) is 1.84. The van der Waals surface area contributed by atoms with Gasteiger partial charge in [-0.3, -0.25) is 0 Å². The molecule has 2 heteroatoms. The van der Waals surface area contributed by atoms with Crippen LogP contribution in [0.1, 0.15) is 11.1 Å². The molecule has 0 nitrogen and oxygen atoms in total. The van der Waals surface area contributed by atoms with E-state index in [4.69, 9.17) is 12.2 Å². The summed E-state index contributed by atoms with van der Waals surface area (Å²) in [5.41, 5.74) is 2.46. The van der Waals surface area contributed by atoms with Crippen LogP contribution in [0, 0.1) is 0 Å². The number of thioether (sulfide) groups is 1. The van der Waals surface area contributed by atoms with Crippen LogP contribution in [-0.2, 0) is 5.75 Å². The zero-order valence-corrected chi connectivity index (χ0v) is 8.33. The van der Waals surface area contributed by atoms with Gasteiger partial charge in [0.05, 0.1) is 0 Å². The first-order chi connectivity index (χ1) is 5.86. The van der Waals surface area contributed by atoms with Crippen molar-refractivity contribution < 1.29 is 0 Å². The SMILES string of the molecule is C=Cc1ccc(CSC=S)cc1. The van der Waals surface area contributed by atoms with Gasteiger partial charge in [0.2, 0.25) is 0 Å². The van der Waals surface area contributed by atoms with Gasteiger partial charge >= 0.3 is 0 Å². The highest BCUT2D eigenvalue weighted by molar-refractivity contribution is 8.20. The summed E-state index contributed by atoms with van der Waals surface area (Å²) in [7, 11) is 0. The molecule has 62 valence electrons. The van der Waals surface area contributed by atoms with Gasteiger partial charge in [0.1, 0.15) is 0 Å². The Labute approximate surface area is 82.7 Å². The average Bonchev–Trinajstić information content (AvgIpc) is 2.15. The number of thiocarbonyl (C=S) groups is 1. The van der Waals surface area contributed by atoms with Crippen molar-refractivity contribution in [2.75, 3.05) is 0 Å². The Morgan fingerprint density at radius 1 is 1.33 bits per heavy atom. The lowest BCUT2D eigenvalue weighted by Gasteiger charge is -1.97. The second-order valence-electron chi connectivity index (χ2n) is 2.35. The first-order valence-corrected chi connectivity index (χ1v) is 5.15. The van der Waals surface area contributed by atoms with Crippen molar-refractivity contribution in [2.45, 2.75) is 5.75 Å². The summed E-state index contributed by atoms with van der Waals surface area (Å²) in [4.78, 5) is 0. The Hall–Kier alpha value is -0.600. The molecule has 0 saturated carbocycles. The highest BCUT2D eigenvalue weighted by Gasteiger charge is 1.90. The van der Waals surface area contributed by atoms with Gasteiger partial charge in [0, 0.05) is 10.5 Å². The molecule has 1 rings (SSSR count). The van der Waals surface area contributed by atoms with Gasteiger partial charge in [-0.15, -0.1) is 11.8 Å². The fourth-order valence-corrected chi connectivity index (χ4v) is 1.54. The minimum Gasteiger partial charge on any atom is -0.118 e. The third kappa shape index (κ3) is 2.80. The van der Waals surface area contributed by atoms with E-state index < -0.39 is 0 Å². The Bertz CT molecular complexity index is 262. The van der Waals surface area contributed by atoms with E-state index >= 15 is 0 Å². The molecule has 0 bridgehead atoms. The molecule has 0 heterocycles. The summed E-state index contributed by atoms with van der Waals surface area (Å²) in [6.45, 7) is 3.69. The maximum absolute atomic E-state index is 4.72. The number of hydrogen-bond acceptors (Lipinski definition) is 2. The summed E-state index contributed by atoms with van der Waals surface area (Å²) in [5, 5.41) is 0. The van der Waals surface area contributed by atoms with Gasteiger partial charge in [-0.2, -0.15) is 0 Å². The van der Waals surface area contributed by atoms with Crippen molar-refractivity contribution in [3.05, 3.63) is 42.0 Å². The molecule has 0 aliphatic carbocycles. The molecule has 0 fully saturated rings. The maximum Gasteiger partial charge on any atom is 0.0345 e. The molecule has 1 aromatic rings. The highest BCUT2D eigenvalue weighted by Crippen LogP contribution is 2.11. The number of rotatable bonds is 4. The normalized spacial score (nSPS) is 9.33. The molecule has 0 spiro atoms. The van der Waals surface area contributed by atoms with Crippen molar-refractivity contribution in [1.82, 2.24) is 0 Å². The molecule has 0 aromatic heterocycles. The Morgan fingerprint density at radius 3 is 2.50 bits per heavy atom. The molecule has 0 amide bonds. The first kappa shape index (κ1) is 9.49. The van der Waals surface area contributed by atoms with Crippen molar-refractivity contribution in [3.8, 4) is 0 Å². The van der Waals surface area contributed by atoms with Crippen molar-refractivity contribution in [2.24, 2.45) is 0 Å². The molecule has 12 heavy (non-hydrogen) atoms. The molecule has 0 radical (unpaired) electrons. The Kier molecular flexibility index (Phi) is 4.05. The van der Waals surface area contributed by atoms with Crippen LogP contribution in [0.5, 0.6) is 0 Å². The van der Waals surface area contributed by atoms with Crippen molar-refractivity contribution in [3.63, 3.8) is 0 Å². The summed E-state index contributed by atoms with van der Waals surface area (Å²) < 4.78 is 1.70. The quantitative estimate of drug-likeness (QED) is 0.673. The summed E-state index contributed by atoms with van der Waals surface area (Å²) >= 11 is 6.36. The highest BCUT2D eigenvalue weighted by atomic mass is 32.2. The fourth-order valence-electron chi connectivity index (χ4n) is 0.880. The molecule has 0 aliphatic rings. The molecular formula is C10H10S2. The minimum absolute atomic E-state index is 0.959. The van der Waals surface area contributed by atoms with Crippen LogP contribution in [0.15, 0.2) is 30.8 Å². The van der Waals surface area contributed by atoms with Crippen LogP contribution in [-0.4, -0.2) is 4.70 Å². The zero-order chi connectivity index (χ0) is 8.81. The van der Waals surface area contributed by atoms with Crippen molar-refractivity contribution in [1.29, 1.82) is 0 Å². The van der Waals surface area contributed by atoms with E-state index in [1.165, 1.54) is 5.56 Å². The second-order valence-corrected chi connectivity index (χ2v) is 3.74. The Balaban J connectivity index is 2.64. The van der Waals surface area contributed by atoms with Crippen LogP contribution in [0.25, 0.3) is 6.08 Å². The lowest BCUT2D eigenvalue weighted by atomic mass is 10.1. The largest absolute Gasteiger partial charge is 0.118 e. The van der Waals surface area contributed by atoms with Crippen LogP contribution in [0.3, 0.4) is 0 Å². The van der Waals surface area contributed by atoms with E-state index in [9.17, 15) is 0 Å². The molecule has 1 aromatic carbocycles. The molecular weight excluding hydrogens is 184 g/mol. The van der Waals surface area contributed by atoms with E-state index in [0.29, 0.717) is 0 Å². The van der Waals surface area contributed by atoms with Crippen molar-refractivity contribution >= 4 is 34.8 Å². The zero-order valence-electron chi connectivity index (χ0n) is 6.69. The number of benzene rings is 1. The average molecular weight is 194 g/mol. The predicted molar refractivity (Wildman–Crippen MR) is 61.5 cm³/mol. The fraction of sp³-hybridized carbons (Fsp3) is 0.100. The second kappa shape index (κ2) is 5.12. The van der Waals surface area contributed by atoms with Crippen LogP contribution in [0.4, 0.5) is 0 Å². The van der Waals surface area contributed by atoms with Gasteiger partial charge in [-0.05, 0) is 11.1 Å². The van der Waals surface area contributed by atoms with Crippen LogP contribution < -0.4 is 0 Å². The van der Waals surface area contributed by atoms with Crippen LogP contribution >= 0.6 is 24.0 Å². The predicted octanol–water partition coefficient (Wildman–Crippen LogP) is 3.52. The van der Waals surface area contributed by atoms with Gasteiger partial charge in [0.25, 0.3) is 0 Å². The van der Waals surface area contributed by atoms with E-state index in [0.717, 1.165) is 11.3 Å². The molecule has 0 N–H and O–H groups in total. The van der Waals surface area contributed by atoms with Crippen LogP contribution in [0.2, 0.25) is 0 Å². The van der Waals surface area contributed by atoms with Gasteiger partial charge in [0.15, 0.2) is 0 Å². The van der Waals surface area contributed by atoms with Gasteiger partial charge in [-0.1, -0.05) is 49.1 Å². The smallest absolute Gasteiger partial charge is 0.0345 e. The Morgan fingerprint density at radius 2 is 2.00 bits per heavy atom. The molecule has 0 aliphatic heterocycles. The van der Waals surface area contributed by atoms with E-state index in [1.807, 2.05) is 6.08 Å². The molecule has 0 unspecified atom stereocenters. The summed E-state index contributed by atoms with van der Waals surface area (Å²) in [6, 6.07) is 8.32.